The number of hydrogen-bond donors (Lipinski definition) is 1. The Balaban J connectivity index is 1.70. The number of rotatable bonds is 7. The molecule has 160 valence electrons. The minimum absolute atomic E-state index is 0.284. The largest absolute Gasteiger partial charge is 0.493 e. The Hall–Kier alpha value is -4.31. The Morgan fingerprint density at radius 3 is 2.56 bits per heavy atom. The number of ether oxygens (including phenoxy) is 2. The smallest absolute Gasteiger partial charge is 0.259 e. The molecule has 1 N–H and O–H groups in total. The highest BCUT2D eigenvalue weighted by atomic mass is 16.5. The summed E-state index contributed by atoms with van der Waals surface area (Å²) in [5, 5.41) is 18.6. The molecule has 7 heteroatoms. The van der Waals surface area contributed by atoms with Gasteiger partial charge in [0.25, 0.3) is 5.91 Å². The van der Waals surface area contributed by atoms with Gasteiger partial charge in [-0.3, -0.25) is 9.48 Å². The van der Waals surface area contributed by atoms with Gasteiger partial charge in [0, 0.05) is 17.4 Å². The zero-order valence-corrected chi connectivity index (χ0v) is 17.8. The van der Waals surface area contributed by atoms with Crippen molar-refractivity contribution >= 4 is 22.4 Å². The van der Waals surface area contributed by atoms with Crippen LogP contribution in [0.1, 0.15) is 16.8 Å². The topological polar surface area (TPSA) is 89.2 Å². The number of carbonyl (C=O) groups excluding carboxylic acids is 1. The molecule has 0 saturated carbocycles. The van der Waals surface area contributed by atoms with Crippen LogP contribution in [0.2, 0.25) is 0 Å². The summed E-state index contributed by atoms with van der Waals surface area (Å²) in [5.41, 5.74) is 2.31. The molecule has 3 aromatic carbocycles. The van der Waals surface area contributed by atoms with E-state index in [-0.39, 0.29) is 5.91 Å². The number of hydrogen-bond acceptors (Lipinski definition) is 5. The van der Waals surface area contributed by atoms with Gasteiger partial charge in [-0.1, -0.05) is 30.3 Å². The van der Waals surface area contributed by atoms with E-state index in [1.54, 1.807) is 37.2 Å². The molecule has 4 aromatic rings. The fourth-order valence-corrected chi connectivity index (χ4v) is 3.53. The lowest BCUT2D eigenvalue weighted by molar-refractivity contribution is 0.102. The average molecular weight is 426 g/mol. The van der Waals surface area contributed by atoms with Crippen LogP contribution in [0.15, 0.2) is 66.9 Å². The zero-order valence-electron chi connectivity index (χ0n) is 17.8. The second kappa shape index (κ2) is 9.23. The van der Waals surface area contributed by atoms with Crippen LogP contribution in [-0.4, -0.2) is 29.9 Å². The fraction of sp³-hybridized carbons (Fsp3) is 0.160. The zero-order chi connectivity index (χ0) is 22.5. The van der Waals surface area contributed by atoms with E-state index in [0.29, 0.717) is 47.0 Å². The number of nitrogens with one attached hydrogen (secondary N) is 1. The molecule has 0 saturated heterocycles. The lowest BCUT2D eigenvalue weighted by Gasteiger charge is -2.10. The molecule has 32 heavy (non-hydrogen) atoms. The maximum absolute atomic E-state index is 13.2. The third-order valence-corrected chi connectivity index (χ3v) is 5.12. The first-order valence-electron chi connectivity index (χ1n) is 10.1. The standard InChI is InChI=1S/C25H22N4O3/c1-31-22-11-9-19(15-23(22)32-2)24-21(16-29(28-24)13-5-12-26)25(30)27-20-10-8-17-6-3-4-7-18(17)14-20/h3-4,6-11,14-16H,5,13H2,1-2H3,(H,27,30). The molecule has 0 atom stereocenters. The summed E-state index contributed by atoms with van der Waals surface area (Å²) >= 11 is 0. The van der Waals surface area contributed by atoms with Gasteiger partial charge >= 0.3 is 0 Å². The second-order valence-electron chi connectivity index (χ2n) is 7.15. The summed E-state index contributed by atoms with van der Waals surface area (Å²) in [6.07, 6.45) is 1.96. The highest BCUT2D eigenvalue weighted by molar-refractivity contribution is 6.08. The molecule has 1 heterocycles. The van der Waals surface area contributed by atoms with Crippen LogP contribution in [0.4, 0.5) is 5.69 Å². The van der Waals surface area contributed by atoms with Gasteiger partial charge in [-0.15, -0.1) is 0 Å². The maximum atomic E-state index is 13.2. The highest BCUT2D eigenvalue weighted by Gasteiger charge is 2.20. The van der Waals surface area contributed by atoms with E-state index in [9.17, 15) is 4.79 Å². The first-order chi connectivity index (χ1) is 15.6. The van der Waals surface area contributed by atoms with Crippen molar-refractivity contribution in [2.75, 3.05) is 19.5 Å². The molecule has 0 aliphatic heterocycles. The van der Waals surface area contributed by atoms with E-state index in [1.165, 1.54) is 0 Å². The van der Waals surface area contributed by atoms with E-state index < -0.39 is 0 Å². The summed E-state index contributed by atoms with van der Waals surface area (Å²) in [5.74, 6) is 0.841. The van der Waals surface area contributed by atoms with E-state index in [0.717, 1.165) is 10.8 Å². The van der Waals surface area contributed by atoms with E-state index >= 15 is 0 Å². The van der Waals surface area contributed by atoms with Crippen LogP contribution in [0, 0.1) is 11.3 Å². The molecule has 0 spiro atoms. The van der Waals surface area contributed by atoms with Gasteiger partial charge in [-0.05, 0) is 41.1 Å². The number of carbonyl (C=O) groups is 1. The maximum Gasteiger partial charge on any atom is 0.259 e. The molecule has 0 unspecified atom stereocenters. The summed E-state index contributed by atoms with van der Waals surface area (Å²) in [6.45, 7) is 0.389. The molecule has 4 rings (SSSR count). The first kappa shape index (κ1) is 20.9. The SMILES string of the molecule is COc1ccc(-c2nn(CCC#N)cc2C(=O)Nc2ccc3ccccc3c2)cc1OC. The Morgan fingerprint density at radius 1 is 1.03 bits per heavy atom. The van der Waals surface area contributed by atoms with Crippen LogP contribution in [0.5, 0.6) is 11.5 Å². The fourth-order valence-electron chi connectivity index (χ4n) is 3.53. The number of nitrogens with zero attached hydrogens (tertiary/aromatic N) is 3. The normalized spacial score (nSPS) is 10.5. The Kier molecular flexibility index (Phi) is 6.04. The number of nitriles is 1. The van der Waals surface area contributed by atoms with Gasteiger partial charge in [0.05, 0.1) is 38.8 Å². The molecule has 0 aliphatic rings. The number of amides is 1. The molecule has 0 fully saturated rings. The summed E-state index contributed by atoms with van der Waals surface area (Å²) < 4.78 is 12.3. The number of benzene rings is 3. The van der Waals surface area contributed by atoms with Crippen molar-refractivity contribution in [2.24, 2.45) is 0 Å². The number of fused-ring (bicyclic) bond motifs is 1. The Labute approximate surface area is 185 Å². The molecule has 1 amide bonds. The van der Waals surface area contributed by atoms with Crippen molar-refractivity contribution in [2.45, 2.75) is 13.0 Å². The molecular formula is C25H22N4O3. The number of aromatic nitrogens is 2. The van der Waals surface area contributed by atoms with E-state index in [1.807, 2.05) is 48.5 Å². The lowest BCUT2D eigenvalue weighted by Crippen LogP contribution is -2.12. The van der Waals surface area contributed by atoms with Crippen molar-refractivity contribution in [3.8, 4) is 28.8 Å². The quantitative estimate of drug-likeness (QED) is 0.455. The van der Waals surface area contributed by atoms with Gasteiger partial charge in [-0.25, -0.2) is 0 Å². The van der Waals surface area contributed by atoms with Gasteiger partial charge < -0.3 is 14.8 Å². The molecular weight excluding hydrogens is 404 g/mol. The Bertz CT molecular complexity index is 1320. The van der Waals surface area contributed by atoms with Crippen molar-refractivity contribution in [1.82, 2.24) is 9.78 Å². The summed E-state index contributed by atoms with van der Waals surface area (Å²) in [7, 11) is 3.12. The van der Waals surface area contributed by atoms with E-state index in [4.69, 9.17) is 14.7 Å². The molecule has 1 aromatic heterocycles. The van der Waals surface area contributed by atoms with Crippen LogP contribution >= 0.6 is 0 Å². The van der Waals surface area contributed by atoms with Crippen LogP contribution < -0.4 is 14.8 Å². The molecule has 7 nitrogen and oxygen atoms in total. The second-order valence-corrected chi connectivity index (χ2v) is 7.15. The third-order valence-electron chi connectivity index (χ3n) is 5.12. The highest BCUT2D eigenvalue weighted by Crippen LogP contribution is 2.33. The minimum Gasteiger partial charge on any atom is -0.493 e. The van der Waals surface area contributed by atoms with Gasteiger partial charge in [0.2, 0.25) is 0 Å². The monoisotopic (exact) mass is 426 g/mol. The number of aryl methyl sites for hydroxylation is 1. The third kappa shape index (κ3) is 4.25. The average Bonchev–Trinajstić information content (AvgIpc) is 3.26. The predicted octanol–water partition coefficient (Wildman–Crippen LogP) is 4.89. The first-order valence-corrected chi connectivity index (χ1v) is 10.1. The van der Waals surface area contributed by atoms with Crippen LogP contribution in [0.3, 0.4) is 0 Å². The van der Waals surface area contributed by atoms with Crippen LogP contribution in [0.25, 0.3) is 22.0 Å². The van der Waals surface area contributed by atoms with Gasteiger partial charge in [0.1, 0.15) is 5.69 Å². The van der Waals surface area contributed by atoms with Crippen LogP contribution in [-0.2, 0) is 6.54 Å². The summed E-state index contributed by atoms with van der Waals surface area (Å²) in [6, 6.07) is 21.2. The Morgan fingerprint density at radius 2 is 1.81 bits per heavy atom. The van der Waals surface area contributed by atoms with Crippen molar-refractivity contribution < 1.29 is 14.3 Å². The van der Waals surface area contributed by atoms with Crippen molar-refractivity contribution in [3.05, 3.63) is 72.4 Å². The number of anilines is 1. The molecule has 0 radical (unpaired) electrons. The number of methoxy groups -OCH3 is 2. The predicted molar refractivity (Wildman–Crippen MR) is 123 cm³/mol. The minimum atomic E-state index is -0.284. The van der Waals surface area contributed by atoms with Gasteiger partial charge in [-0.2, -0.15) is 10.4 Å². The van der Waals surface area contributed by atoms with Crippen molar-refractivity contribution in [3.63, 3.8) is 0 Å². The lowest BCUT2D eigenvalue weighted by atomic mass is 10.1. The van der Waals surface area contributed by atoms with E-state index in [2.05, 4.69) is 16.5 Å². The summed E-state index contributed by atoms with van der Waals surface area (Å²) in [4.78, 5) is 13.2. The molecule has 0 aliphatic carbocycles. The van der Waals surface area contributed by atoms with Gasteiger partial charge in [0.15, 0.2) is 11.5 Å². The van der Waals surface area contributed by atoms with Crippen molar-refractivity contribution in [1.29, 1.82) is 5.26 Å². The molecule has 0 bridgehead atoms.